The molecule has 0 atom stereocenters. The monoisotopic (exact) mass is 311 g/mol. The van der Waals surface area contributed by atoms with Gasteiger partial charge in [-0.15, -0.1) is 12.3 Å². The van der Waals surface area contributed by atoms with Crippen LogP contribution in [0, 0.1) is 12.3 Å². The Morgan fingerprint density at radius 2 is 2.26 bits per heavy atom. The molecule has 1 aromatic carbocycles. The molecule has 0 spiro atoms. The van der Waals surface area contributed by atoms with E-state index in [0.29, 0.717) is 31.5 Å². The summed E-state index contributed by atoms with van der Waals surface area (Å²) >= 11 is 0. The summed E-state index contributed by atoms with van der Waals surface area (Å²) in [5.74, 6) is 3.69. The fraction of sp³-hybridized carbons (Fsp3) is 0.375. The highest BCUT2D eigenvalue weighted by atomic mass is 16.5. The molecule has 1 aromatic heterocycles. The number of carbonyl (C=O) groups is 1. The fourth-order valence-electron chi connectivity index (χ4n) is 2.40. The first-order valence-corrected chi connectivity index (χ1v) is 7.35. The van der Waals surface area contributed by atoms with Crippen LogP contribution in [-0.4, -0.2) is 28.9 Å². The first-order chi connectivity index (χ1) is 11.2. The lowest BCUT2D eigenvalue weighted by Gasteiger charge is -2.08. The molecule has 0 bridgehead atoms. The van der Waals surface area contributed by atoms with Crippen LogP contribution in [0.15, 0.2) is 28.4 Å². The van der Waals surface area contributed by atoms with Crippen LogP contribution < -0.4 is 10.1 Å². The maximum absolute atomic E-state index is 12.1. The van der Waals surface area contributed by atoms with Crippen molar-refractivity contribution in [3.8, 4) is 18.1 Å². The number of ether oxygens (including phenoxy) is 1. The van der Waals surface area contributed by atoms with Crippen LogP contribution in [0.3, 0.4) is 0 Å². The molecule has 7 nitrogen and oxygen atoms in total. The standard InChI is InChI=1S/C16H17N5O2/c1-3-4-8-16(20-21-16)9-7-14(22)17-15-12-6-5-11(23-2)10-13(12)18-19-15/h1,5-6,10H,4,7-9H2,2H3,(H2,17,18,19,22). The molecule has 0 fully saturated rings. The lowest BCUT2D eigenvalue weighted by Crippen LogP contribution is -2.18. The quantitative estimate of drug-likeness (QED) is 0.770. The molecule has 3 rings (SSSR count). The number of hydrogen-bond donors (Lipinski definition) is 2. The van der Waals surface area contributed by atoms with Crippen molar-refractivity contribution in [2.45, 2.75) is 31.3 Å². The van der Waals surface area contributed by atoms with Crippen molar-refractivity contribution in [3.63, 3.8) is 0 Å². The van der Waals surface area contributed by atoms with E-state index in [1.807, 2.05) is 18.2 Å². The van der Waals surface area contributed by atoms with E-state index in [-0.39, 0.29) is 5.91 Å². The SMILES string of the molecule is C#CCCC1(CCC(=O)Nc2n[nH]c3cc(OC)ccc23)N=N1. The smallest absolute Gasteiger partial charge is 0.225 e. The zero-order valence-corrected chi connectivity index (χ0v) is 12.8. The molecule has 0 saturated carbocycles. The molecule has 0 unspecified atom stereocenters. The van der Waals surface area contributed by atoms with Gasteiger partial charge in [-0.3, -0.25) is 9.89 Å². The number of carbonyl (C=O) groups excluding carboxylic acids is 1. The summed E-state index contributed by atoms with van der Waals surface area (Å²) < 4.78 is 5.16. The van der Waals surface area contributed by atoms with Crippen molar-refractivity contribution in [1.82, 2.24) is 10.2 Å². The lowest BCUT2D eigenvalue weighted by atomic mass is 10.0. The fourth-order valence-corrected chi connectivity index (χ4v) is 2.40. The molecule has 7 heteroatoms. The zero-order valence-electron chi connectivity index (χ0n) is 12.8. The zero-order chi connectivity index (χ0) is 16.3. The van der Waals surface area contributed by atoms with Crippen LogP contribution in [0.1, 0.15) is 25.7 Å². The number of nitrogens with one attached hydrogen (secondary N) is 2. The molecule has 1 aliphatic rings. The summed E-state index contributed by atoms with van der Waals surface area (Å²) in [6.07, 6.45) is 7.45. The van der Waals surface area contributed by atoms with E-state index in [2.05, 4.69) is 31.7 Å². The van der Waals surface area contributed by atoms with Gasteiger partial charge in [0.05, 0.1) is 12.6 Å². The van der Waals surface area contributed by atoms with E-state index in [0.717, 1.165) is 16.7 Å². The van der Waals surface area contributed by atoms with E-state index in [1.165, 1.54) is 0 Å². The Morgan fingerprint density at radius 1 is 1.43 bits per heavy atom. The van der Waals surface area contributed by atoms with Crippen LogP contribution in [0.25, 0.3) is 10.9 Å². The number of nitrogens with zero attached hydrogens (tertiary/aromatic N) is 3. The molecular formula is C16H17N5O2. The average molecular weight is 311 g/mol. The predicted molar refractivity (Wildman–Crippen MR) is 86.2 cm³/mol. The molecule has 2 heterocycles. The van der Waals surface area contributed by atoms with E-state index in [1.54, 1.807) is 7.11 Å². The number of H-pyrrole nitrogens is 1. The summed E-state index contributed by atoms with van der Waals surface area (Å²) in [6, 6.07) is 5.51. The van der Waals surface area contributed by atoms with Crippen LogP contribution >= 0.6 is 0 Å². The Bertz CT molecular complexity index is 796. The average Bonchev–Trinajstić information content (AvgIpc) is 3.25. The number of amides is 1. The minimum Gasteiger partial charge on any atom is -0.497 e. The van der Waals surface area contributed by atoms with E-state index < -0.39 is 5.66 Å². The molecule has 2 N–H and O–H groups in total. The number of aromatic amines is 1. The first kappa shape index (κ1) is 15.0. The predicted octanol–water partition coefficient (Wildman–Crippen LogP) is 2.87. The minimum atomic E-state index is -0.440. The number of fused-ring (bicyclic) bond motifs is 1. The van der Waals surface area contributed by atoms with Crippen molar-refractivity contribution in [1.29, 1.82) is 0 Å². The second kappa shape index (κ2) is 6.08. The van der Waals surface area contributed by atoms with Crippen LogP contribution in [-0.2, 0) is 4.79 Å². The van der Waals surface area contributed by atoms with Gasteiger partial charge in [-0.25, -0.2) is 0 Å². The van der Waals surface area contributed by atoms with Crippen LogP contribution in [0.5, 0.6) is 5.75 Å². The second-order valence-electron chi connectivity index (χ2n) is 5.42. The maximum Gasteiger partial charge on any atom is 0.225 e. The Balaban J connectivity index is 1.59. The van der Waals surface area contributed by atoms with E-state index in [9.17, 15) is 4.79 Å². The second-order valence-corrected chi connectivity index (χ2v) is 5.42. The summed E-state index contributed by atoms with van der Waals surface area (Å²) in [5, 5.41) is 18.7. The molecule has 0 radical (unpaired) electrons. The molecule has 1 aliphatic heterocycles. The number of aromatic nitrogens is 2. The summed E-state index contributed by atoms with van der Waals surface area (Å²) in [7, 11) is 1.60. The molecule has 23 heavy (non-hydrogen) atoms. The Labute approximate surface area is 133 Å². The van der Waals surface area contributed by atoms with Gasteiger partial charge >= 0.3 is 0 Å². The Morgan fingerprint density at radius 3 is 2.96 bits per heavy atom. The number of methoxy groups -OCH3 is 1. The van der Waals surface area contributed by atoms with Crippen molar-refractivity contribution in [2.24, 2.45) is 10.2 Å². The third-order valence-corrected chi connectivity index (χ3v) is 3.83. The highest BCUT2D eigenvalue weighted by molar-refractivity contribution is 5.99. The molecule has 2 aromatic rings. The van der Waals surface area contributed by atoms with Gasteiger partial charge in [0, 0.05) is 37.1 Å². The van der Waals surface area contributed by atoms with E-state index in [4.69, 9.17) is 11.2 Å². The third kappa shape index (κ3) is 3.31. The van der Waals surface area contributed by atoms with Gasteiger partial charge in [0.25, 0.3) is 0 Å². The summed E-state index contributed by atoms with van der Waals surface area (Å²) in [4.78, 5) is 12.1. The Hall–Kier alpha value is -2.88. The topological polar surface area (TPSA) is 91.7 Å². The van der Waals surface area contributed by atoms with Gasteiger partial charge in [-0.2, -0.15) is 15.3 Å². The normalized spacial score (nSPS) is 14.4. The van der Waals surface area contributed by atoms with Crippen molar-refractivity contribution < 1.29 is 9.53 Å². The largest absolute Gasteiger partial charge is 0.497 e. The van der Waals surface area contributed by atoms with Crippen LogP contribution in [0.2, 0.25) is 0 Å². The van der Waals surface area contributed by atoms with Crippen LogP contribution in [0.4, 0.5) is 5.82 Å². The van der Waals surface area contributed by atoms with Crippen molar-refractivity contribution in [3.05, 3.63) is 18.2 Å². The van der Waals surface area contributed by atoms with Gasteiger partial charge in [0.1, 0.15) is 5.75 Å². The Kier molecular flexibility index (Phi) is 3.98. The van der Waals surface area contributed by atoms with E-state index >= 15 is 0 Å². The highest BCUT2D eigenvalue weighted by Gasteiger charge is 2.39. The first-order valence-electron chi connectivity index (χ1n) is 7.35. The lowest BCUT2D eigenvalue weighted by molar-refractivity contribution is -0.116. The molecule has 1 amide bonds. The summed E-state index contributed by atoms with van der Waals surface area (Å²) in [6.45, 7) is 0. The number of rotatable bonds is 7. The molecule has 0 saturated heterocycles. The maximum atomic E-state index is 12.1. The van der Waals surface area contributed by atoms with Gasteiger partial charge in [0.2, 0.25) is 5.91 Å². The number of hydrogen-bond acceptors (Lipinski definition) is 5. The molecule has 118 valence electrons. The van der Waals surface area contributed by atoms with Gasteiger partial charge < -0.3 is 10.1 Å². The van der Waals surface area contributed by atoms with Gasteiger partial charge in [0.15, 0.2) is 11.5 Å². The highest BCUT2D eigenvalue weighted by Crippen LogP contribution is 2.37. The summed E-state index contributed by atoms with van der Waals surface area (Å²) in [5.41, 5.74) is 0.363. The minimum absolute atomic E-state index is 0.119. The van der Waals surface area contributed by atoms with Gasteiger partial charge in [-0.1, -0.05) is 0 Å². The number of benzene rings is 1. The molecule has 0 aliphatic carbocycles. The third-order valence-electron chi connectivity index (χ3n) is 3.83. The van der Waals surface area contributed by atoms with Gasteiger partial charge in [-0.05, 0) is 12.1 Å². The van der Waals surface area contributed by atoms with Crippen molar-refractivity contribution in [2.75, 3.05) is 12.4 Å². The molecular weight excluding hydrogens is 294 g/mol. The number of anilines is 1. The number of terminal acetylenes is 1. The van der Waals surface area contributed by atoms with Crippen molar-refractivity contribution >= 4 is 22.6 Å².